The lowest BCUT2D eigenvalue weighted by Gasteiger charge is -2.23. The summed E-state index contributed by atoms with van der Waals surface area (Å²) in [4.78, 5) is 0. The van der Waals surface area contributed by atoms with Gasteiger partial charge in [0.1, 0.15) is 0 Å². The number of benzene rings is 1. The molecule has 1 aromatic carbocycles. The van der Waals surface area contributed by atoms with Crippen LogP contribution in [0, 0.1) is 11.3 Å². The zero-order valence-corrected chi connectivity index (χ0v) is 8.16. The van der Waals surface area contributed by atoms with Crippen LogP contribution in [0.15, 0.2) is 24.3 Å². The maximum absolute atomic E-state index is 8.98. The maximum Gasteiger partial charge on any atom is 0.0994 e. The Morgan fingerprint density at radius 2 is 2.21 bits per heavy atom. The molecule has 1 heterocycles. The fourth-order valence-electron chi connectivity index (χ4n) is 2.07. The third-order valence-corrected chi connectivity index (χ3v) is 2.82. The smallest absolute Gasteiger partial charge is 0.0994 e. The topological polar surface area (TPSA) is 35.8 Å². The molecule has 1 fully saturated rings. The fraction of sp³-hybridized carbons (Fsp3) is 0.417. The normalized spacial score (nSPS) is 21.5. The number of piperidine rings is 1. The molecule has 2 nitrogen and oxygen atoms in total. The molecule has 0 aromatic heterocycles. The number of rotatable bonds is 1. The number of hydrogen-bond acceptors (Lipinski definition) is 2. The van der Waals surface area contributed by atoms with Gasteiger partial charge in [0.15, 0.2) is 0 Å². The Morgan fingerprint density at radius 3 is 2.93 bits per heavy atom. The molecular formula is C12H14N2. The molecule has 0 spiro atoms. The van der Waals surface area contributed by atoms with E-state index in [4.69, 9.17) is 5.26 Å². The summed E-state index contributed by atoms with van der Waals surface area (Å²) >= 11 is 0. The molecule has 0 amide bonds. The summed E-state index contributed by atoms with van der Waals surface area (Å²) in [5.74, 6) is 0.527. The van der Waals surface area contributed by atoms with E-state index in [0.717, 1.165) is 18.7 Å². The lowest BCUT2D eigenvalue weighted by Crippen LogP contribution is -2.28. The molecule has 1 aliphatic heterocycles. The van der Waals surface area contributed by atoms with Crippen molar-refractivity contribution in [3.8, 4) is 6.07 Å². The average Bonchev–Trinajstić information content (AvgIpc) is 2.30. The van der Waals surface area contributed by atoms with Crippen LogP contribution in [0.3, 0.4) is 0 Å². The van der Waals surface area contributed by atoms with Crippen molar-refractivity contribution in [2.75, 3.05) is 13.1 Å². The Morgan fingerprint density at radius 1 is 1.36 bits per heavy atom. The van der Waals surface area contributed by atoms with Crippen LogP contribution in [-0.2, 0) is 0 Å². The maximum atomic E-state index is 8.98. The van der Waals surface area contributed by atoms with Crippen molar-refractivity contribution in [3.05, 3.63) is 35.4 Å². The molecule has 0 saturated carbocycles. The summed E-state index contributed by atoms with van der Waals surface area (Å²) < 4.78 is 0. The first kappa shape index (κ1) is 9.23. The number of nitrogens with zero attached hydrogens (tertiary/aromatic N) is 1. The Labute approximate surface area is 84.6 Å². The predicted molar refractivity (Wildman–Crippen MR) is 56.0 cm³/mol. The van der Waals surface area contributed by atoms with Gasteiger partial charge in [-0.25, -0.2) is 0 Å². The zero-order valence-electron chi connectivity index (χ0n) is 8.16. The summed E-state index contributed by atoms with van der Waals surface area (Å²) in [6.45, 7) is 2.13. The van der Waals surface area contributed by atoms with Crippen LogP contribution in [0.5, 0.6) is 0 Å². The highest BCUT2D eigenvalue weighted by molar-refractivity contribution is 5.39. The fourth-order valence-corrected chi connectivity index (χ4v) is 2.07. The van der Waals surface area contributed by atoms with E-state index in [1.54, 1.807) is 0 Å². The molecule has 1 atom stereocenters. The van der Waals surface area contributed by atoms with Gasteiger partial charge in [-0.15, -0.1) is 0 Å². The van der Waals surface area contributed by atoms with Crippen LogP contribution >= 0.6 is 0 Å². The summed E-state index contributed by atoms with van der Waals surface area (Å²) in [5, 5.41) is 12.4. The monoisotopic (exact) mass is 186 g/mol. The van der Waals surface area contributed by atoms with Gasteiger partial charge in [0.2, 0.25) is 0 Å². The minimum Gasteiger partial charge on any atom is -0.316 e. The largest absolute Gasteiger partial charge is 0.316 e. The van der Waals surface area contributed by atoms with Gasteiger partial charge >= 0.3 is 0 Å². The van der Waals surface area contributed by atoms with Gasteiger partial charge in [-0.05, 0) is 36.9 Å². The van der Waals surface area contributed by atoms with Crippen LogP contribution in [-0.4, -0.2) is 13.1 Å². The van der Waals surface area contributed by atoms with Gasteiger partial charge in [0.25, 0.3) is 0 Å². The van der Waals surface area contributed by atoms with Gasteiger partial charge in [-0.1, -0.05) is 18.2 Å². The molecule has 1 aromatic rings. The Hall–Kier alpha value is -1.33. The molecular weight excluding hydrogens is 172 g/mol. The van der Waals surface area contributed by atoms with E-state index >= 15 is 0 Å². The van der Waals surface area contributed by atoms with E-state index in [-0.39, 0.29) is 0 Å². The SMILES string of the molecule is N#Cc1ccccc1[C@H]1CCCNC1. The first-order valence-electron chi connectivity index (χ1n) is 5.11. The van der Waals surface area contributed by atoms with Gasteiger partial charge in [0, 0.05) is 6.54 Å². The van der Waals surface area contributed by atoms with Crippen LogP contribution < -0.4 is 5.32 Å². The number of nitriles is 1. The van der Waals surface area contributed by atoms with Gasteiger partial charge < -0.3 is 5.32 Å². The molecule has 0 unspecified atom stereocenters. The molecule has 2 heteroatoms. The molecule has 72 valence electrons. The highest BCUT2D eigenvalue weighted by Gasteiger charge is 2.17. The van der Waals surface area contributed by atoms with Crippen molar-refractivity contribution in [3.63, 3.8) is 0 Å². The third-order valence-electron chi connectivity index (χ3n) is 2.82. The van der Waals surface area contributed by atoms with E-state index in [1.807, 2.05) is 18.2 Å². The molecule has 0 aliphatic carbocycles. The molecule has 1 saturated heterocycles. The van der Waals surface area contributed by atoms with Crippen LogP contribution in [0.25, 0.3) is 0 Å². The standard InChI is InChI=1S/C12H14N2/c13-8-10-4-1-2-6-12(10)11-5-3-7-14-9-11/h1-2,4,6,11,14H,3,5,7,9H2/t11-/m0/s1. The quantitative estimate of drug-likeness (QED) is 0.728. The van der Waals surface area contributed by atoms with Gasteiger partial charge in [0.05, 0.1) is 11.6 Å². The molecule has 0 bridgehead atoms. The second-order valence-electron chi connectivity index (χ2n) is 3.74. The highest BCUT2D eigenvalue weighted by Crippen LogP contribution is 2.25. The van der Waals surface area contributed by atoms with Crippen LogP contribution in [0.2, 0.25) is 0 Å². The van der Waals surface area contributed by atoms with E-state index < -0.39 is 0 Å². The highest BCUT2D eigenvalue weighted by atomic mass is 14.9. The minimum atomic E-state index is 0.527. The molecule has 1 N–H and O–H groups in total. The molecule has 2 rings (SSSR count). The number of hydrogen-bond donors (Lipinski definition) is 1. The Bertz CT molecular complexity index is 346. The lowest BCUT2D eigenvalue weighted by atomic mass is 9.89. The number of nitrogens with one attached hydrogen (secondary N) is 1. The van der Waals surface area contributed by atoms with E-state index in [1.165, 1.54) is 18.4 Å². The zero-order chi connectivity index (χ0) is 9.80. The van der Waals surface area contributed by atoms with Crippen molar-refractivity contribution < 1.29 is 0 Å². The molecule has 0 radical (unpaired) electrons. The third kappa shape index (κ3) is 1.78. The summed E-state index contributed by atoms with van der Waals surface area (Å²) in [5.41, 5.74) is 2.04. The van der Waals surface area contributed by atoms with Crippen molar-refractivity contribution in [2.45, 2.75) is 18.8 Å². The van der Waals surface area contributed by atoms with E-state index in [0.29, 0.717) is 5.92 Å². The average molecular weight is 186 g/mol. The van der Waals surface area contributed by atoms with E-state index in [9.17, 15) is 0 Å². The second-order valence-corrected chi connectivity index (χ2v) is 3.74. The molecule has 14 heavy (non-hydrogen) atoms. The summed E-state index contributed by atoms with van der Waals surface area (Å²) in [6, 6.07) is 10.2. The second kappa shape index (κ2) is 4.26. The van der Waals surface area contributed by atoms with Crippen molar-refractivity contribution in [1.82, 2.24) is 5.32 Å². The van der Waals surface area contributed by atoms with Crippen molar-refractivity contribution in [1.29, 1.82) is 5.26 Å². The van der Waals surface area contributed by atoms with Crippen LogP contribution in [0.4, 0.5) is 0 Å². The lowest BCUT2D eigenvalue weighted by molar-refractivity contribution is 0.461. The van der Waals surface area contributed by atoms with Crippen LogP contribution in [0.1, 0.15) is 29.9 Å². The first-order chi connectivity index (χ1) is 6.92. The Kier molecular flexibility index (Phi) is 2.81. The minimum absolute atomic E-state index is 0.527. The summed E-state index contributed by atoms with van der Waals surface area (Å²) in [6.07, 6.45) is 2.41. The predicted octanol–water partition coefficient (Wildman–Crippen LogP) is 2.03. The van der Waals surface area contributed by atoms with E-state index in [2.05, 4.69) is 17.5 Å². The summed E-state index contributed by atoms with van der Waals surface area (Å²) in [7, 11) is 0. The Balaban J connectivity index is 2.26. The van der Waals surface area contributed by atoms with Crippen molar-refractivity contribution >= 4 is 0 Å². The molecule has 1 aliphatic rings. The first-order valence-corrected chi connectivity index (χ1v) is 5.11. The van der Waals surface area contributed by atoms with Crippen molar-refractivity contribution in [2.24, 2.45) is 0 Å². The van der Waals surface area contributed by atoms with Gasteiger partial charge in [-0.2, -0.15) is 5.26 Å². The van der Waals surface area contributed by atoms with Gasteiger partial charge in [-0.3, -0.25) is 0 Å².